The minimum absolute atomic E-state index is 0.0439. The zero-order chi connectivity index (χ0) is 15.4. The Morgan fingerprint density at radius 1 is 1.38 bits per heavy atom. The highest BCUT2D eigenvalue weighted by atomic mass is 16.1. The van der Waals surface area contributed by atoms with Gasteiger partial charge in [0.1, 0.15) is 0 Å². The van der Waals surface area contributed by atoms with Crippen LogP contribution in [-0.2, 0) is 4.79 Å². The summed E-state index contributed by atoms with van der Waals surface area (Å²) in [5.74, 6) is 6.79. The van der Waals surface area contributed by atoms with Crippen LogP contribution in [0.4, 0.5) is 17.8 Å². The van der Waals surface area contributed by atoms with Gasteiger partial charge in [-0.2, -0.15) is 15.0 Å². The van der Waals surface area contributed by atoms with Crippen LogP contribution in [0.3, 0.4) is 0 Å². The molecule has 0 spiro atoms. The highest BCUT2D eigenvalue weighted by Crippen LogP contribution is 2.22. The molecule has 1 aliphatic heterocycles. The molecule has 1 fully saturated rings. The molecule has 2 rings (SSSR count). The first-order chi connectivity index (χ1) is 10.0. The molecule has 2 heterocycles. The molecule has 0 aromatic carbocycles. The van der Waals surface area contributed by atoms with Gasteiger partial charge in [-0.15, -0.1) is 0 Å². The first kappa shape index (κ1) is 15.2. The zero-order valence-corrected chi connectivity index (χ0v) is 12.6. The summed E-state index contributed by atoms with van der Waals surface area (Å²) in [4.78, 5) is 28.5. The Kier molecular flexibility index (Phi) is 4.73. The topological polar surface area (TPSA) is 112 Å². The normalized spacial score (nSPS) is 18.3. The third-order valence-electron chi connectivity index (χ3n) is 3.46. The quantitative estimate of drug-likeness (QED) is 0.488. The van der Waals surface area contributed by atoms with Gasteiger partial charge in [0.2, 0.25) is 23.8 Å². The number of amides is 1. The number of aromatic nitrogens is 3. The summed E-state index contributed by atoms with van der Waals surface area (Å²) in [7, 11) is 5.36. The van der Waals surface area contributed by atoms with E-state index in [1.807, 2.05) is 19.0 Å². The van der Waals surface area contributed by atoms with Crippen LogP contribution in [0.1, 0.15) is 12.8 Å². The number of nitrogen functional groups attached to an aromatic ring is 1. The Morgan fingerprint density at radius 2 is 2.14 bits per heavy atom. The highest BCUT2D eigenvalue weighted by molar-refractivity contribution is 5.79. The van der Waals surface area contributed by atoms with E-state index in [9.17, 15) is 4.79 Å². The molecule has 0 radical (unpaired) electrons. The number of hydrogen-bond donors (Lipinski definition) is 3. The lowest BCUT2D eigenvalue weighted by Gasteiger charge is -2.32. The Hall–Kier alpha value is -2.16. The van der Waals surface area contributed by atoms with Gasteiger partial charge in [0.25, 0.3) is 0 Å². The van der Waals surface area contributed by atoms with Crippen molar-refractivity contribution in [1.29, 1.82) is 0 Å². The van der Waals surface area contributed by atoms with Crippen molar-refractivity contribution in [3.63, 3.8) is 0 Å². The summed E-state index contributed by atoms with van der Waals surface area (Å²) in [5, 5.41) is 2.70. The van der Waals surface area contributed by atoms with Crippen molar-refractivity contribution in [3.05, 3.63) is 0 Å². The fraction of sp³-hybridized carbons (Fsp3) is 0.667. The highest BCUT2D eigenvalue weighted by Gasteiger charge is 2.27. The molecule has 1 aliphatic rings. The summed E-state index contributed by atoms with van der Waals surface area (Å²) >= 11 is 0. The lowest BCUT2D eigenvalue weighted by molar-refractivity contribution is -0.124. The third-order valence-corrected chi connectivity index (χ3v) is 3.46. The first-order valence-electron chi connectivity index (χ1n) is 6.91. The molecule has 1 aromatic rings. The van der Waals surface area contributed by atoms with E-state index in [1.165, 1.54) is 0 Å². The second-order valence-corrected chi connectivity index (χ2v) is 5.20. The van der Waals surface area contributed by atoms with E-state index in [4.69, 9.17) is 5.84 Å². The number of hydrogen-bond acceptors (Lipinski definition) is 8. The van der Waals surface area contributed by atoms with Crippen molar-refractivity contribution in [2.45, 2.75) is 12.8 Å². The van der Waals surface area contributed by atoms with Crippen LogP contribution in [0.2, 0.25) is 0 Å². The van der Waals surface area contributed by atoms with Crippen molar-refractivity contribution >= 4 is 23.8 Å². The van der Waals surface area contributed by atoms with Gasteiger partial charge < -0.3 is 15.1 Å². The average Bonchev–Trinajstić information content (AvgIpc) is 2.53. The van der Waals surface area contributed by atoms with Crippen molar-refractivity contribution < 1.29 is 4.79 Å². The summed E-state index contributed by atoms with van der Waals surface area (Å²) in [6.07, 6.45) is 1.80. The summed E-state index contributed by atoms with van der Waals surface area (Å²) in [5.41, 5.74) is 2.45. The van der Waals surface area contributed by atoms with Gasteiger partial charge in [-0.3, -0.25) is 10.2 Å². The van der Waals surface area contributed by atoms with E-state index in [1.54, 1.807) is 11.9 Å². The molecule has 9 heteroatoms. The zero-order valence-electron chi connectivity index (χ0n) is 12.6. The number of nitrogens with two attached hydrogens (primary N) is 1. The number of anilines is 3. The monoisotopic (exact) mass is 294 g/mol. The number of nitrogens with one attached hydrogen (secondary N) is 2. The summed E-state index contributed by atoms with van der Waals surface area (Å²) < 4.78 is 0. The van der Waals surface area contributed by atoms with E-state index in [0.29, 0.717) is 24.4 Å². The van der Waals surface area contributed by atoms with Crippen LogP contribution in [-0.4, -0.2) is 55.1 Å². The van der Waals surface area contributed by atoms with E-state index in [0.717, 1.165) is 19.4 Å². The molecule has 116 valence electrons. The van der Waals surface area contributed by atoms with E-state index in [2.05, 4.69) is 25.7 Å². The Labute approximate surface area is 123 Å². The van der Waals surface area contributed by atoms with Gasteiger partial charge >= 0.3 is 0 Å². The second-order valence-electron chi connectivity index (χ2n) is 5.20. The second kappa shape index (κ2) is 6.53. The molecule has 1 atom stereocenters. The maximum Gasteiger partial charge on any atom is 0.243 e. The van der Waals surface area contributed by atoms with Gasteiger partial charge in [-0.05, 0) is 12.8 Å². The summed E-state index contributed by atoms with van der Waals surface area (Å²) in [6, 6.07) is 0. The smallest absolute Gasteiger partial charge is 0.243 e. The van der Waals surface area contributed by atoms with Crippen LogP contribution in [0.15, 0.2) is 0 Å². The fourth-order valence-electron chi connectivity index (χ4n) is 2.34. The number of carbonyl (C=O) groups excluding carboxylic acids is 1. The van der Waals surface area contributed by atoms with Crippen molar-refractivity contribution in [3.8, 4) is 0 Å². The molecule has 21 heavy (non-hydrogen) atoms. The van der Waals surface area contributed by atoms with Gasteiger partial charge in [-0.25, -0.2) is 5.84 Å². The average molecular weight is 294 g/mol. The number of piperidine rings is 1. The molecule has 1 saturated heterocycles. The maximum absolute atomic E-state index is 11.8. The lowest BCUT2D eigenvalue weighted by atomic mass is 9.97. The molecule has 0 saturated carbocycles. The van der Waals surface area contributed by atoms with Gasteiger partial charge in [0, 0.05) is 34.2 Å². The van der Waals surface area contributed by atoms with Crippen LogP contribution < -0.4 is 26.4 Å². The van der Waals surface area contributed by atoms with Crippen LogP contribution in [0.5, 0.6) is 0 Å². The Morgan fingerprint density at radius 3 is 2.76 bits per heavy atom. The lowest BCUT2D eigenvalue weighted by Crippen LogP contribution is -2.43. The minimum atomic E-state index is -0.0439. The SMILES string of the molecule is CNC(=O)C1CCCN(c2nc(NN)nc(N(C)C)n2)C1. The molecular formula is C12H22N8O. The van der Waals surface area contributed by atoms with E-state index in [-0.39, 0.29) is 11.8 Å². The predicted molar refractivity (Wildman–Crippen MR) is 81.0 cm³/mol. The molecular weight excluding hydrogens is 272 g/mol. The number of rotatable bonds is 4. The van der Waals surface area contributed by atoms with Gasteiger partial charge in [-0.1, -0.05) is 0 Å². The molecule has 4 N–H and O–H groups in total. The number of hydrazine groups is 1. The van der Waals surface area contributed by atoms with Crippen molar-refractivity contribution in [2.24, 2.45) is 11.8 Å². The minimum Gasteiger partial charge on any atom is -0.359 e. The summed E-state index contributed by atoms with van der Waals surface area (Å²) in [6.45, 7) is 1.41. The Bertz CT molecular complexity index is 506. The molecule has 1 amide bonds. The molecule has 1 aromatic heterocycles. The largest absolute Gasteiger partial charge is 0.359 e. The van der Waals surface area contributed by atoms with Gasteiger partial charge in [0.05, 0.1) is 5.92 Å². The predicted octanol–water partition coefficient (Wildman–Crippen LogP) is -0.814. The maximum atomic E-state index is 11.8. The number of carbonyl (C=O) groups is 1. The molecule has 0 aliphatic carbocycles. The Balaban J connectivity index is 2.23. The van der Waals surface area contributed by atoms with Crippen LogP contribution >= 0.6 is 0 Å². The molecule has 9 nitrogen and oxygen atoms in total. The third kappa shape index (κ3) is 3.48. The molecule has 1 unspecified atom stereocenters. The van der Waals surface area contributed by atoms with Crippen LogP contribution in [0, 0.1) is 5.92 Å². The molecule has 0 bridgehead atoms. The van der Waals surface area contributed by atoms with Gasteiger partial charge in [0.15, 0.2) is 0 Å². The number of nitrogens with zero attached hydrogens (tertiary/aromatic N) is 5. The van der Waals surface area contributed by atoms with E-state index < -0.39 is 0 Å². The van der Waals surface area contributed by atoms with E-state index >= 15 is 0 Å². The fourth-order valence-corrected chi connectivity index (χ4v) is 2.34. The standard InChI is InChI=1S/C12H22N8O/c1-14-9(21)8-5-4-6-20(7-8)12-16-10(18-13)15-11(17-12)19(2)3/h8H,4-7,13H2,1-3H3,(H,14,21)(H,15,16,17,18). The first-order valence-corrected chi connectivity index (χ1v) is 6.91. The van der Waals surface area contributed by atoms with Crippen molar-refractivity contribution in [1.82, 2.24) is 20.3 Å². The van der Waals surface area contributed by atoms with Crippen molar-refractivity contribution in [2.75, 3.05) is 49.5 Å². The van der Waals surface area contributed by atoms with Crippen LogP contribution in [0.25, 0.3) is 0 Å².